The van der Waals surface area contributed by atoms with E-state index in [1.807, 2.05) is 12.1 Å². The van der Waals surface area contributed by atoms with Gasteiger partial charge in [0.15, 0.2) is 11.5 Å². The van der Waals surface area contributed by atoms with Crippen LogP contribution in [0.4, 0.5) is 0 Å². The fraction of sp³-hybridized carbons (Fsp3) is 0.333. The molecular weight excluding hydrogens is 392 g/mol. The van der Waals surface area contributed by atoms with Gasteiger partial charge in [0, 0.05) is 10.6 Å². The summed E-state index contributed by atoms with van der Waals surface area (Å²) in [6.45, 7) is 3.37. The number of hydrogen-bond donors (Lipinski definition) is 1. The zero-order valence-corrected chi connectivity index (χ0v) is 16.3. The number of nitrogens with zero attached hydrogens (tertiary/aromatic N) is 3. The Bertz CT molecular complexity index is 1120. The molecule has 2 aliphatic rings. The lowest BCUT2D eigenvalue weighted by molar-refractivity contribution is -0.292. The Hall–Kier alpha value is -3.31. The van der Waals surface area contributed by atoms with E-state index in [1.165, 1.54) is 0 Å². The predicted molar refractivity (Wildman–Crippen MR) is 100 cm³/mol. The summed E-state index contributed by atoms with van der Waals surface area (Å²) >= 11 is 6.01. The molecule has 2 fully saturated rings. The molecule has 0 amide bonds. The Morgan fingerprint density at radius 3 is 2.21 bits per heavy atom. The lowest BCUT2D eigenvalue weighted by atomic mass is 9.54. The Morgan fingerprint density at radius 1 is 1.03 bits per heavy atom. The summed E-state index contributed by atoms with van der Waals surface area (Å²) in [5, 5.41) is 39.4. The van der Waals surface area contributed by atoms with E-state index in [1.54, 1.807) is 50.2 Å². The minimum atomic E-state index is -2.05. The third-order valence-corrected chi connectivity index (χ3v) is 6.19. The van der Waals surface area contributed by atoms with Crippen LogP contribution in [0.25, 0.3) is 0 Å². The quantitative estimate of drug-likeness (QED) is 0.789. The molecule has 2 aromatic rings. The molecule has 0 spiro atoms. The SMILES string of the molecule is Cc1ccc(C2OC3(c4ccc(Cl)cc4)OC(=N)C(C#N)(C3C)C2(C#N)C#N)o1. The van der Waals surface area contributed by atoms with Gasteiger partial charge in [0.1, 0.15) is 11.5 Å². The largest absolute Gasteiger partial charge is 0.464 e. The van der Waals surface area contributed by atoms with Crippen molar-refractivity contribution in [2.75, 3.05) is 0 Å². The van der Waals surface area contributed by atoms with Gasteiger partial charge in [0.25, 0.3) is 0 Å². The zero-order chi connectivity index (χ0) is 21.0. The van der Waals surface area contributed by atoms with Gasteiger partial charge >= 0.3 is 0 Å². The minimum Gasteiger partial charge on any atom is -0.464 e. The Balaban J connectivity index is 2.03. The van der Waals surface area contributed by atoms with Crippen molar-refractivity contribution in [3.63, 3.8) is 0 Å². The smallest absolute Gasteiger partial charge is 0.244 e. The minimum absolute atomic E-state index is 0.216. The van der Waals surface area contributed by atoms with Gasteiger partial charge in [-0.25, -0.2) is 0 Å². The van der Waals surface area contributed by atoms with Gasteiger partial charge in [-0.3, -0.25) is 5.41 Å². The second-order valence-electron chi connectivity index (χ2n) is 7.23. The molecule has 8 heteroatoms. The van der Waals surface area contributed by atoms with Crippen LogP contribution < -0.4 is 0 Å². The van der Waals surface area contributed by atoms with Gasteiger partial charge in [-0.1, -0.05) is 30.7 Å². The molecule has 2 saturated heterocycles. The summed E-state index contributed by atoms with van der Waals surface area (Å²) in [5.74, 6) is -2.09. The maximum absolute atomic E-state index is 10.2. The van der Waals surface area contributed by atoms with Crippen LogP contribution in [0, 0.1) is 63.1 Å². The third-order valence-electron chi connectivity index (χ3n) is 5.93. The van der Waals surface area contributed by atoms with Crippen molar-refractivity contribution in [3.8, 4) is 18.2 Å². The molecule has 1 aromatic heterocycles. The zero-order valence-electron chi connectivity index (χ0n) is 15.6. The van der Waals surface area contributed by atoms with E-state index in [9.17, 15) is 15.8 Å². The first-order chi connectivity index (χ1) is 13.8. The van der Waals surface area contributed by atoms with Crippen LogP contribution in [-0.2, 0) is 15.3 Å². The van der Waals surface area contributed by atoms with Crippen molar-refractivity contribution in [3.05, 3.63) is 58.5 Å². The fourth-order valence-electron chi connectivity index (χ4n) is 4.40. The number of ether oxygens (including phenoxy) is 2. The van der Waals surface area contributed by atoms with Crippen molar-refractivity contribution in [2.45, 2.75) is 25.7 Å². The highest BCUT2D eigenvalue weighted by Crippen LogP contribution is 2.69. The average molecular weight is 407 g/mol. The maximum atomic E-state index is 10.2. The first-order valence-electron chi connectivity index (χ1n) is 8.83. The van der Waals surface area contributed by atoms with Gasteiger partial charge in [-0.2, -0.15) is 15.8 Å². The average Bonchev–Trinajstić information content (AvgIpc) is 3.21. The van der Waals surface area contributed by atoms with E-state index in [0.717, 1.165) is 0 Å². The number of rotatable bonds is 2. The molecule has 144 valence electrons. The molecule has 2 bridgehead atoms. The van der Waals surface area contributed by atoms with Gasteiger partial charge in [0.2, 0.25) is 17.1 Å². The lowest BCUT2D eigenvalue weighted by Crippen LogP contribution is -2.57. The van der Waals surface area contributed by atoms with Gasteiger partial charge in [0.05, 0.1) is 24.1 Å². The van der Waals surface area contributed by atoms with E-state index >= 15 is 0 Å². The summed E-state index contributed by atoms with van der Waals surface area (Å²) in [5.41, 5.74) is -3.39. The number of hydrogen-bond acceptors (Lipinski definition) is 7. The summed E-state index contributed by atoms with van der Waals surface area (Å²) in [6.07, 6.45) is -1.25. The predicted octanol–water partition coefficient (Wildman–Crippen LogP) is 4.35. The molecule has 4 atom stereocenters. The standard InChI is InChI=1S/C21H15ClN4O3/c1-12-3-8-16(27-12)17-19(9-23,10-24)20(11-25)13(2)21(28-17,29-18(20)26)14-4-6-15(22)7-5-14/h3-8,13,17,26H,1-2H3. The Morgan fingerprint density at radius 2 is 1.69 bits per heavy atom. The molecule has 4 rings (SSSR count). The highest BCUT2D eigenvalue weighted by molar-refractivity contribution is 6.30. The van der Waals surface area contributed by atoms with Crippen LogP contribution in [-0.4, -0.2) is 5.90 Å². The van der Waals surface area contributed by atoms with Crippen molar-refractivity contribution in [1.82, 2.24) is 0 Å². The summed E-state index contributed by atoms with van der Waals surface area (Å²) in [6, 6.07) is 15.9. The molecule has 1 N–H and O–H groups in total. The molecule has 2 aliphatic heterocycles. The number of benzene rings is 1. The van der Waals surface area contributed by atoms with Crippen molar-refractivity contribution in [2.24, 2.45) is 16.7 Å². The summed E-state index contributed by atoms with van der Waals surface area (Å²) in [7, 11) is 0. The fourth-order valence-corrected chi connectivity index (χ4v) is 4.52. The number of nitrogens with one attached hydrogen (secondary N) is 1. The van der Waals surface area contributed by atoms with E-state index in [2.05, 4.69) is 6.07 Å². The van der Waals surface area contributed by atoms with Crippen LogP contribution in [0.3, 0.4) is 0 Å². The number of fused-ring (bicyclic) bond motifs is 2. The third kappa shape index (κ3) is 2.11. The summed E-state index contributed by atoms with van der Waals surface area (Å²) < 4.78 is 17.9. The normalized spacial score (nSPS) is 31.9. The molecule has 7 nitrogen and oxygen atoms in total. The highest BCUT2D eigenvalue weighted by Gasteiger charge is 2.80. The molecule has 29 heavy (non-hydrogen) atoms. The second-order valence-corrected chi connectivity index (χ2v) is 7.66. The van der Waals surface area contributed by atoms with E-state index in [4.69, 9.17) is 30.9 Å². The van der Waals surface area contributed by atoms with Crippen molar-refractivity contribution in [1.29, 1.82) is 21.2 Å². The van der Waals surface area contributed by atoms with Crippen LogP contribution >= 0.6 is 11.6 Å². The van der Waals surface area contributed by atoms with Crippen LogP contribution in [0.1, 0.15) is 30.1 Å². The molecule has 3 heterocycles. The van der Waals surface area contributed by atoms with E-state index in [0.29, 0.717) is 16.3 Å². The number of nitriles is 3. The van der Waals surface area contributed by atoms with E-state index in [-0.39, 0.29) is 5.76 Å². The molecule has 0 aliphatic carbocycles. The number of halogens is 1. The van der Waals surface area contributed by atoms with Gasteiger partial charge in [-0.15, -0.1) is 0 Å². The van der Waals surface area contributed by atoms with Gasteiger partial charge in [-0.05, 0) is 31.2 Å². The molecule has 0 radical (unpaired) electrons. The summed E-state index contributed by atoms with van der Waals surface area (Å²) in [4.78, 5) is 0. The first kappa shape index (κ1) is 19.0. The lowest BCUT2D eigenvalue weighted by Gasteiger charge is -2.47. The Labute approximate surface area is 172 Å². The molecule has 4 unspecified atom stereocenters. The van der Waals surface area contributed by atoms with E-state index < -0.39 is 34.5 Å². The highest BCUT2D eigenvalue weighted by atomic mass is 35.5. The van der Waals surface area contributed by atoms with Gasteiger partial charge < -0.3 is 13.9 Å². The Kier molecular flexibility index (Phi) is 4.00. The second kappa shape index (κ2) is 6.09. The molecule has 1 aromatic carbocycles. The number of aryl methyl sites for hydroxylation is 1. The van der Waals surface area contributed by atoms with Crippen LogP contribution in [0.5, 0.6) is 0 Å². The maximum Gasteiger partial charge on any atom is 0.244 e. The molecular formula is C21H15ClN4O3. The van der Waals surface area contributed by atoms with Crippen molar-refractivity contribution >= 4 is 17.5 Å². The number of furan rings is 1. The first-order valence-corrected chi connectivity index (χ1v) is 9.21. The monoisotopic (exact) mass is 406 g/mol. The topological polar surface area (TPSA) is 127 Å². The van der Waals surface area contributed by atoms with Crippen LogP contribution in [0.15, 0.2) is 40.8 Å². The molecule has 0 saturated carbocycles. The van der Waals surface area contributed by atoms with Crippen molar-refractivity contribution < 1.29 is 13.9 Å². The van der Waals surface area contributed by atoms with Crippen LogP contribution in [0.2, 0.25) is 5.02 Å².